The van der Waals surface area contributed by atoms with Crippen LogP contribution < -0.4 is 16.0 Å². The van der Waals surface area contributed by atoms with Crippen molar-refractivity contribution >= 4 is 35.3 Å². The molecule has 3 aromatic carbocycles. The first-order valence-corrected chi connectivity index (χ1v) is 17.3. The van der Waals surface area contributed by atoms with Crippen LogP contribution in [0.25, 0.3) is 0 Å². The summed E-state index contributed by atoms with van der Waals surface area (Å²) < 4.78 is 0. The second-order valence-electron chi connectivity index (χ2n) is 13.1. The van der Waals surface area contributed by atoms with Gasteiger partial charge >= 0.3 is 5.97 Å². The molecular formula is C39H48N4O6. The number of carbonyl (C=O) groups excluding carboxylic acids is 4. The van der Waals surface area contributed by atoms with Crippen LogP contribution in [-0.4, -0.2) is 64.3 Å². The van der Waals surface area contributed by atoms with Crippen LogP contribution in [0, 0.1) is 5.92 Å². The number of benzene rings is 3. The standard InChI is InChI=1S/C39H48N4O6/c1-4-12-27-18-20-28(21-19-27)22-23-32(35(44)42-34(25-26(2)3)36(45)40-29-13-6-5-7-14-29)41-33(39(48)49)17-10-11-24-43-37(46)30-15-8-9-16-31(30)38(43)47/h5-9,13-16,18-21,26,32-34,41H,4,10-12,17,22-25H2,1-3H3,(H,40,45)(H,42,44)(H,48,49). The number of rotatable bonds is 19. The second-order valence-corrected chi connectivity index (χ2v) is 13.1. The number of hydrogen-bond donors (Lipinski definition) is 4. The first-order valence-electron chi connectivity index (χ1n) is 17.3. The average molecular weight is 669 g/mol. The monoisotopic (exact) mass is 668 g/mol. The maximum atomic E-state index is 13.9. The van der Waals surface area contributed by atoms with E-state index in [1.165, 1.54) is 10.5 Å². The van der Waals surface area contributed by atoms with Crippen LogP contribution in [0.5, 0.6) is 0 Å². The molecule has 10 nitrogen and oxygen atoms in total. The summed E-state index contributed by atoms with van der Waals surface area (Å²) in [4.78, 5) is 66.3. The van der Waals surface area contributed by atoms with Crippen LogP contribution in [0.15, 0.2) is 78.9 Å². The molecule has 4 amide bonds. The van der Waals surface area contributed by atoms with Crippen molar-refractivity contribution in [2.75, 3.05) is 11.9 Å². The van der Waals surface area contributed by atoms with E-state index in [-0.39, 0.29) is 36.6 Å². The summed E-state index contributed by atoms with van der Waals surface area (Å²) in [5, 5.41) is 19.0. The maximum absolute atomic E-state index is 13.9. The smallest absolute Gasteiger partial charge is 0.320 e. The third-order valence-corrected chi connectivity index (χ3v) is 8.68. The summed E-state index contributed by atoms with van der Waals surface area (Å²) in [5.74, 6) is -2.49. The minimum Gasteiger partial charge on any atom is -0.480 e. The van der Waals surface area contributed by atoms with E-state index in [9.17, 15) is 29.1 Å². The molecule has 10 heteroatoms. The molecule has 49 heavy (non-hydrogen) atoms. The minimum atomic E-state index is -1.11. The Morgan fingerprint density at radius 1 is 0.714 bits per heavy atom. The van der Waals surface area contributed by atoms with Crippen LogP contribution >= 0.6 is 0 Å². The molecular weight excluding hydrogens is 620 g/mol. The van der Waals surface area contributed by atoms with Gasteiger partial charge in [0, 0.05) is 12.2 Å². The van der Waals surface area contributed by atoms with Gasteiger partial charge in [-0.15, -0.1) is 0 Å². The number of amides is 4. The largest absolute Gasteiger partial charge is 0.480 e. The van der Waals surface area contributed by atoms with E-state index in [2.05, 4.69) is 35.0 Å². The van der Waals surface area contributed by atoms with Gasteiger partial charge in [0.15, 0.2) is 0 Å². The lowest BCUT2D eigenvalue weighted by molar-refractivity contribution is -0.140. The molecule has 0 radical (unpaired) electrons. The van der Waals surface area contributed by atoms with E-state index < -0.39 is 30.0 Å². The summed E-state index contributed by atoms with van der Waals surface area (Å²) in [6.07, 6.45) is 4.24. The van der Waals surface area contributed by atoms with E-state index in [0.29, 0.717) is 48.9 Å². The lowest BCUT2D eigenvalue weighted by Crippen LogP contribution is -2.55. The minimum absolute atomic E-state index is 0.105. The van der Waals surface area contributed by atoms with Crippen LogP contribution in [0.4, 0.5) is 5.69 Å². The fraction of sp³-hybridized carbons (Fsp3) is 0.410. The lowest BCUT2D eigenvalue weighted by Gasteiger charge is -2.26. The number of para-hydroxylation sites is 1. The fourth-order valence-electron chi connectivity index (χ4n) is 6.07. The molecule has 0 spiro atoms. The molecule has 260 valence electrons. The number of carbonyl (C=O) groups is 5. The maximum Gasteiger partial charge on any atom is 0.320 e. The van der Waals surface area contributed by atoms with E-state index >= 15 is 0 Å². The van der Waals surface area contributed by atoms with Crippen molar-refractivity contribution < 1.29 is 29.1 Å². The lowest BCUT2D eigenvalue weighted by atomic mass is 9.99. The van der Waals surface area contributed by atoms with Crippen LogP contribution in [-0.2, 0) is 27.2 Å². The predicted octanol–water partition coefficient (Wildman–Crippen LogP) is 5.62. The number of carboxylic acids is 1. The van der Waals surface area contributed by atoms with Crippen LogP contribution in [0.1, 0.15) is 91.1 Å². The highest BCUT2D eigenvalue weighted by molar-refractivity contribution is 6.21. The van der Waals surface area contributed by atoms with Crippen LogP contribution in [0.3, 0.4) is 0 Å². The summed E-state index contributed by atoms with van der Waals surface area (Å²) in [6.45, 7) is 6.23. The van der Waals surface area contributed by atoms with Gasteiger partial charge in [0.25, 0.3) is 11.8 Å². The predicted molar refractivity (Wildman–Crippen MR) is 189 cm³/mol. The van der Waals surface area contributed by atoms with Gasteiger partial charge < -0.3 is 15.7 Å². The van der Waals surface area contributed by atoms with Crippen LogP contribution in [0.2, 0.25) is 0 Å². The van der Waals surface area contributed by atoms with Crippen molar-refractivity contribution in [3.8, 4) is 0 Å². The van der Waals surface area contributed by atoms with Gasteiger partial charge in [-0.25, -0.2) is 0 Å². The fourth-order valence-corrected chi connectivity index (χ4v) is 6.07. The molecule has 4 N–H and O–H groups in total. The van der Waals surface area contributed by atoms with Crippen molar-refractivity contribution in [2.24, 2.45) is 5.92 Å². The highest BCUT2D eigenvalue weighted by atomic mass is 16.4. The molecule has 1 heterocycles. The van der Waals surface area contributed by atoms with Crippen molar-refractivity contribution in [1.29, 1.82) is 0 Å². The Kier molecular flexibility index (Phi) is 13.6. The highest BCUT2D eigenvalue weighted by Crippen LogP contribution is 2.23. The number of nitrogens with one attached hydrogen (secondary N) is 3. The second kappa shape index (κ2) is 18.1. The van der Waals surface area contributed by atoms with Crippen molar-refractivity contribution in [3.05, 3.63) is 101 Å². The molecule has 3 aromatic rings. The SMILES string of the molecule is CCCc1ccc(CCC(NC(CCCCN2C(=O)c3ccccc3C2=O)C(=O)O)C(=O)NC(CC(C)C)C(=O)Nc2ccccc2)cc1. The zero-order valence-corrected chi connectivity index (χ0v) is 28.6. The normalized spacial score (nSPS) is 14.3. The Balaban J connectivity index is 1.43. The Hall–Kier alpha value is -4.83. The molecule has 0 bridgehead atoms. The van der Waals surface area contributed by atoms with E-state index in [1.54, 1.807) is 36.4 Å². The first kappa shape index (κ1) is 37.0. The third-order valence-electron chi connectivity index (χ3n) is 8.68. The van der Waals surface area contributed by atoms with Crippen molar-refractivity contribution in [1.82, 2.24) is 15.5 Å². The number of aliphatic carboxylic acids is 1. The number of nitrogens with zero attached hydrogens (tertiary/aromatic N) is 1. The molecule has 0 fully saturated rings. The Morgan fingerprint density at radius 2 is 1.31 bits per heavy atom. The number of carboxylic acid groups (broad SMARTS) is 1. The van der Waals surface area contributed by atoms with Gasteiger partial charge in [-0.3, -0.25) is 34.2 Å². The quantitative estimate of drug-likeness (QED) is 0.0959. The number of imide groups is 1. The summed E-state index contributed by atoms with van der Waals surface area (Å²) in [6, 6.07) is 21.1. The molecule has 0 saturated carbocycles. The topological polar surface area (TPSA) is 145 Å². The summed E-state index contributed by atoms with van der Waals surface area (Å²) in [7, 11) is 0. The average Bonchev–Trinajstić information content (AvgIpc) is 3.32. The number of aryl methyl sites for hydroxylation is 2. The molecule has 0 aliphatic carbocycles. The Morgan fingerprint density at radius 3 is 1.88 bits per heavy atom. The molecule has 1 aliphatic heterocycles. The third kappa shape index (κ3) is 10.6. The number of hydrogen-bond acceptors (Lipinski definition) is 6. The van der Waals surface area contributed by atoms with Gasteiger partial charge in [-0.1, -0.05) is 81.8 Å². The molecule has 0 saturated heterocycles. The summed E-state index contributed by atoms with van der Waals surface area (Å²) >= 11 is 0. The van der Waals surface area contributed by atoms with Gasteiger partial charge in [-0.05, 0) is 86.3 Å². The molecule has 3 atom stereocenters. The van der Waals surface area contributed by atoms with Gasteiger partial charge in [0.05, 0.1) is 17.2 Å². The van der Waals surface area contributed by atoms with E-state index in [1.807, 2.05) is 44.2 Å². The number of unbranched alkanes of at least 4 members (excludes halogenated alkanes) is 1. The van der Waals surface area contributed by atoms with Crippen molar-refractivity contribution in [2.45, 2.75) is 90.3 Å². The molecule has 3 unspecified atom stereocenters. The zero-order chi connectivity index (χ0) is 35.3. The first-order chi connectivity index (χ1) is 23.6. The number of fused-ring (bicyclic) bond motifs is 1. The van der Waals surface area contributed by atoms with Gasteiger partial charge in [0.2, 0.25) is 11.8 Å². The summed E-state index contributed by atoms with van der Waals surface area (Å²) in [5.41, 5.74) is 3.61. The van der Waals surface area contributed by atoms with E-state index in [4.69, 9.17) is 0 Å². The highest BCUT2D eigenvalue weighted by Gasteiger charge is 2.35. The van der Waals surface area contributed by atoms with Gasteiger partial charge in [0.1, 0.15) is 12.1 Å². The number of anilines is 1. The molecule has 1 aliphatic rings. The Labute approximate surface area is 288 Å². The van der Waals surface area contributed by atoms with Crippen molar-refractivity contribution in [3.63, 3.8) is 0 Å². The molecule has 0 aromatic heterocycles. The van der Waals surface area contributed by atoms with Gasteiger partial charge in [-0.2, -0.15) is 0 Å². The molecule has 4 rings (SSSR count). The zero-order valence-electron chi connectivity index (χ0n) is 28.6. The Bertz CT molecular complexity index is 1560. The van der Waals surface area contributed by atoms with E-state index in [0.717, 1.165) is 18.4 Å².